The van der Waals surface area contributed by atoms with Crippen LogP contribution in [-0.2, 0) is 11.3 Å². The van der Waals surface area contributed by atoms with Crippen molar-refractivity contribution in [1.29, 1.82) is 0 Å². The summed E-state index contributed by atoms with van der Waals surface area (Å²) in [5.41, 5.74) is 7.41. The maximum Gasteiger partial charge on any atom is 0.219 e. The van der Waals surface area contributed by atoms with Crippen LogP contribution in [0.5, 0.6) is 0 Å². The number of likely N-dealkylation sites (tertiary alicyclic amines) is 1. The quantitative estimate of drug-likeness (QED) is 0.638. The molecule has 2 saturated heterocycles. The Labute approximate surface area is 183 Å². The minimum absolute atomic E-state index is 0.250. The van der Waals surface area contributed by atoms with Crippen LogP contribution in [0.3, 0.4) is 0 Å². The molecule has 2 aliphatic heterocycles. The van der Waals surface area contributed by atoms with Gasteiger partial charge in [0.25, 0.3) is 0 Å². The highest BCUT2D eigenvalue weighted by Crippen LogP contribution is 2.35. The van der Waals surface area contributed by atoms with E-state index in [0.29, 0.717) is 19.0 Å². The summed E-state index contributed by atoms with van der Waals surface area (Å²) in [5.74, 6) is 1.87. The van der Waals surface area contributed by atoms with Crippen LogP contribution in [0.4, 0.5) is 11.8 Å². The van der Waals surface area contributed by atoms with E-state index in [1.54, 1.807) is 12.4 Å². The monoisotopic (exact) mass is 443 g/mol. The first-order chi connectivity index (χ1) is 14.7. The van der Waals surface area contributed by atoms with Crippen LogP contribution in [0.2, 0.25) is 0 Å². The van der Waals surface area contributed by atoms with Crippen molar-refractivity contribution >= 4 is 45.1 Å². The molecule has 2 N–H and O–H groups in total. The normalized spacial score (nSPS) is 20.3. The molecule has 0 radical (unpaired) electrons. The lowest BCUT2D eigenvalue weighted by atomic mass is 10.3. The molecule has 0 aromatic carbocycles. The lowest BCUT2D eigenvalue weighted by molar-refractivity contribution is 0.122. The second-order valence-corrected chi connectivity index (χ2v) is 9.88. The number of nitrogens with two attached hydrogens (primary N) is 1. The van der Waals surface area contributed by atoms with E-state index in [9.17, 15) is 0 Å². The lowest BCUT2D eigenvalue weighted by Crippen LogP contribution is -2.36. The fraction of sp³-hybridized carbons (Fsp3) is 0.500. The SMILES string of the molecule is CSC1CCN(Cc2cc3nc(-c4cnc(N)nc4)nc(N4CCOCC4)c3s2)C1. The summed E-state index contributed by atoms with van der Waals surface area (Å²) in [7, 11) is 0. The minimum Gasteiger partial charge on any atom is -0.378 e. The van der Waals surface area contributed by atoms with Crippen molar-refractivity contribution in [1.82, 2.24) is 24.8 Å². The zero-order chi connectivity index (χ0) is 20.5. The number of thioether (sulfide) groups is 1. The van der Waals surface area contributed by atoms with Crippen molar-refractivity contribution in [2.45, 2.75) is 18.2 Å². The number of anilines is 2. The summed E-state index contributed by atoms with van der Waals surface area (Å²) >= 11 is 3.79. The molecule has 30 heavy (non-hydrogen) atoms. The Morgan fingerprint density at radius 2 is 2.00 bits per heavy atom. The van der Waals surface area contributed by atoms with E-state index in [1.165, 1.54) is 11.3 Å². The summed E-state index contributed by atoms with van der Waals surface area (Å²) in [6.07, 6.45) is 6.85. The van der Waals surface area contributed by atoms with E-state index in [2.05, 4.69) is 32.1 Å². The highest BCUT2D eigenvalue weighted by Gasteiger charge is 2.24. The number of hydrogen-bond donors (Lipinski definition) is 1. The topological polar surface area (TPSA) is 93.3 Å². The first-order valence-corrected chi connectivity index (χ1v) is 12.3. The summed E-state index contributed by atoms with van der Waals surface area (Å²) in [4.78, 5) is 24.2. The minimum atomic E-state index is 0.250. The standard InChI is InChI=1S/C20H25N7OS2/c1-29-14-2-3-26(11-14)12-15-8-16-17(30-15)19(27-4-6-28-7-5-27)25-18(24-16)13-9-22-20(21)23-10-13/h8-10,14H,2-7,11-12H2,1H3,(H2,21,22,23). The number of thiophene rings is 1. The first kappa shape index (κ1) is 19.9. The lowest BCUT2D eigenvalue weighted by Gasteiger charge is -2.28. The average Bonchev–Trinajstić information content (AvgIpc) is 3.40. The summed E-state index contributed by atoms with van der Waals surface area (Å²) in [5, 5.41) is 0.750. The van der Waals surface area contributed by atoms with Gasteiger partial charge >= 0.3 is 0 Å². The number of hydrogen-bond acceptors (Lipinski definition) is 10. The van der Waals surface area contributed by atoms with Crippen LogP contribution in [0.25, 0.3) is 21.6 Å². The molecule has 5 heterocycles. The molecule has 1 unspecified atom stereocenters. The van der Waals surface area contributed by atoms with Crippen LogP contribution < -0.4 is 10.6 Å². The Balaban J connectivity index is 1.52. The molecule has 0 amide bonds. The van der Waals surface area contributed by atoms with Crippen molar-refractivity contribution in [3.8, 4) is 11.4 Å². The molecular formula is C20H25N7OS2. The van der Waals surface area contributed by atoms with Crippen molar-refractivity contribution in [2.75, 3.05) is 56.3 Å². The zero-order valence-corrected chi connectivity index (χ0v) is 18.6. The molecule has 3 aromatic rings. The first-order valence-electron chi connectivity index (χ1n) is 10.2. The van der Waals surface area contributed by atoms with E-state index >= 15 is 0 Å². The number of ether oxygens (including phenoxy) is 1. The van der Waals surface area contributed by atoms with Gasteiger partial charge in [-0.25, -0.2) is 19.9 Å². The molecule has 2 fully saturated rings. The van der Waals surface area contributed by atoms with Gasteiger partial charge in [-0.1, -0.05) is 0 Å². The van der Waals surface area contributed by atoms with Gasteiger partial charge in [0.2, 0.25) is 5.95 Å². The van der Waals surface area contributed by atoms with Gasteiger partial charge in [0.05, 0.1) is 29.0 Å². The van der Waals surface area contributed by atoms with Crippen LogP contribution >= 0.6 is 23.1 Å². The van der Waals surface area contributed by atoms with Gasteiger partial charge in [-0.3, -0.25) is 4.90 Å². The second kappa shape index (κ2) is 8.62. The Hall–Kier alpha value is -2.01. The molecular weight excluding hydrogens is 418 g/mol. The Bertz CT molecular complexity index is 1020. The molecule has 10 heteroatoms. The fourth-order valence-corrected chi connectivity index (χ4v) is 5.82. The van der Waals surface area contributed by atoms with Gasteiger partial charge in [0, 0.05) is 48.7 Å². The maximum absolute atomic E-state index is 5.65. The molecule has 158 valence electrons. The summed E-state index contributed by atoms with van der Waals surface area (Å²) in [6, 6.07) is 2.22. The van der Waals surface area contributed by atoms with E-state index in [4.69, 9.17) is 20.4 Å². The van der Waals surface area contributed by atoms with Gasteiger partial charge in [-0.15, -0.1) is 11.3 Å². The van der Waals surface area contributed by atoms with Crippen molar-refractivity contribution in [3.63, 3.8) is 0 Å². The van der Waals surface area contributed by atoms with Crippen molar-refractivity contribution in [3.05, 3.63) is 23.3 Å². The molecule has 0 aliphatic carbocycles. The number of nitrogen functional groups attached to an aromatic ring is 1. The van der Waals surface area contributed by atoms with Crippen LogP contribution in [0.15, 0.2) is 18.5 Å². The molecule has 1 atom stereocenters. The number of morpholine rings is 1. The number of fused-ring (bicyclic) bond motifs is 1. The third kappa shape index (κ3) is 4.09. The largest absolute Gasteiger partial charge is 0.378 e. The third-order valence-corrected chi connectivity index (χ3v) is 7.74. The summed E-state index contributed by atoms with van der Waals surface area (Å²) < 4.78 is 6.70. The number of rotatable bonds is 5. The predicted octanol–water partition coefficient (Wildman–Crippen LogP) is 2.50. The maximum atomic E-state index is 5.65. The molecule has 0 bridgehead atoms. The predicted molar refractivity (Wildman–Crippen MR) is 123 cm³/mol. The third-order valence-electron chi connectivity index (χ3n) is 5.59. The second-order valence-electron chi connectivity index (χ2n) is 7.61. The molecule has 0 saturated carbocycles. The molecule has 8 nitrogen and oxygen atoms in total. The van der Waals surface area contributed by atoms with E-state index in [0.717, 1.165) is 59.6 Å². The number of nitrogens with zero attached hydrogens (tertiary/aromatic N) is 6. The molecule has 2 aliphatic rings. The van der Waals surface area contributed by atoms with Crippen LogP contribution in [-0.4, -0.2) is 75.7 Å². The van der Waals surface area contributed by atoms with E-state index < -0.39 is 0 Å². The number of aromatic nitrogens is 4. The van der Waals surface area contributed by atoms with E-state index in [1.807, 2.05) is 23.1 Å². The molecule has 3 aromatic heterocycles. The summed E-state index contributed by atoms with van der Waals surface area (Å²) in [6.45, 7) is 6.39. The van der Waals surface area contributed by atoms with Gasteiger partial charge in [-0.05, 0) is 25.3 Å². The highest BCUT2D eigenvalue weighted by atomic mass is 32.2. The molecule has 0 spiro atoms. The zero-order valence-electron chi connectivity index (χ0n) is 17.0. The van der Waals surface area contributed by atoms with Crippen LogP contribution in [0, 0.1) is 0 Å². The van der Waals surface area contributed by atoms with Gasteiger partial charge in [0.1, 0.15) is 0 Å². The smallest absolute Gasteiger partial charge is 0.219 e. The van der Waals surface area contributed by atoms with Crippen LogP contribution in [0.1, 0.15) is 11.3 Å². The molecule has 5 rings (SSSR count). The highest BCUT2D eigenvalue weighted by molar-refractivity contribution is 7.99. The Kier molecular flexibility index (Phi) is 5.72. The Morgan fingerprint density at radius 3 is 2.73 bits per heavy atom. The fourth-order valence-electron chi connectivity index (χ4n) is 3.97. The Morgan fingerprint density at radius 1 is 1.20 bits per heavy atom. The van der Waals surface area contributed by atoms with Gasteiger partial charge in [0.15, 0.2) is 11.6 Å². The van der Waals surface area contributed by atoms with Crippen molar-refractivity contribution in [2.24, 2.45) is 0 Å². The van der Waals surface area contributed by atoms with Gasteiger partial charge < -0.3 is 15.4 Å². The van der Waals surface area contributed by atoms with Gasteiger partial charge in [-0.2, -0.15) is 11.8 Å². The average molecular weight is 444 g/mol. The van der Waals surface area contributed by atoms with Crippen molar-refractivity contribution < 1.29 is 4.74 Å². The van der Waals surface area contributed by atoms with E-state index in [-0.39, 0.29) is 5.95 Å².